The van der Waals surface area contributed by atoms with E-state index in [2.05, 4.69) is 43.6 Å². The summed E-state index contributed by atoms with van der Waals surface area (Å²) in [4.78, 5) is 13.1. The Morgan fingerprint density at radius 1 is 1.38 bits per heavy atom. The zero-order valence-corrected chi connectivity index (χ0v) is 14.5. The average molecular weight is 370 g/mol. The summed E-state index contributed by atoms with van der Waals surface area (Å²) in [5.41, 5.74) is 2.34. The number of aryl methyl sites for hydroxylation is 3. The van der Waals surface area contributed by atoms with E-state index in [4.69, 9.17) is 0 Å². The number of amides is 1. The van der Waals surface area contributed by atoms with Gasteiger partial charge in [-0.1, -0.05) is 0 Å². The Balaban J connectivity index is 1.54. The van der Waals surface area contributed by atoms with Gasteiger partial charge in [-0.05, 0) is 66.2 Å². The van der Waals surface area contributed by atoms with Crippen LogP contribution in [-0.2, 0) is 17.6 Å². The predicted molar refractivity (Wildman–Crippen MR) is 89.6 cm³/mol. The molecule has 0 unspecified atom stereocenters. The fourth-order valence-electron chi connectivity index (χ4n) is 2.13. The first-order chi connectivity index (χ1) is 10.1. The zero-order valence-electron chi connectivity index (χ0n) is 12.1. The molecule has 0 radical (unpaired) electrons. The lowest BCUT2D eigenvalue weighted by Gasteiger charge is -2.04. The number of aromatic amines is 1. The van der Waals surface area contributed by atoms with Crippen LogP contribution in [0, 0.1) is 6.92 Å². The number of halogens is 1. The van der Waals surface area contributed by atoms with Crippen molar-refractivity contribution in [1.29, 1.82) is 0 Å². The van der Waals surface area contributed by atoms with Crippen molar-refractivity contribution < 1.29 is 4.79 Å². The second-order valence-corrected chi connectivity index (χ2v) is 7.58. The molecule has 0 aromatic carbocycles. The molecule has 114 valence electrons. The Kier molecular flexibility index (Phi) is 6.45. The Morgan fingerprint density at radius 3 is 2.90 bits per heavy atom. The third-order valence-corrected chi connectivity index (χ3v) is 5.02. The minimum absolute atomic E-state index is 0.148. The standard InChI is InChI=1S/C15H20BrN3OS/c1-11-12(10-18-19-11)4-3-9-17-15(20)6-2-5-13-7-8-14(16)21-13/h7-8,10H,2-6,9H2,1H3,(H,17,20)(H,18,19). The van der Waals surface area contributed by atoms with Gasteiger partial charge in [0.2, 0.25) is 5.91 Å². The molecule has 0 spiro atoms. The van der Waals surface area contributed by atoms with E-state index < -0.39 is 0 Å². The van der Waals surface area contributed by atoms with E-state index >= 15 is 0 Å². The molecule has 0 saturated heterocycles. The third-order valence-electron chi connectivity index (χ3n) is 3.34. The molecule has 0 aliphatic carbocycles. The van der Waals surface area contributed by atoms with Crippen LogP contribution in [0.2, 0.25) is 0 Å². The van der Waals surface area contributed by atoms with Crippen molar-refractivity contribution in [3.63, 3.8) is 0 Å². The van der Waals surface area contributed by atoms with Crippen LogP contribution in [0.1, 0.15) is 35.4 Å². The highest BCUT2D eigenvalue weighted by atomic mass is 79.9. The molecule has 2 N–H and O–H groups in total. The number of aromatic nitrogens is 2. The molecule has 0 aliphatic rings. The molecule has 1 amide bonds. The van der Waals surface area contributed by atoms with Crippen LogP contribution < -0.4 is 5.32 Å². The van der Waals surface area contributed by atoms with Gasteiger partial charge in [0.05, 0.1) is 9.98 Å². The molecule has 2 heterocycles. The van der Waals surface area contributed by atoms with Crippen LogP contribution in [0.5, 0.6) is 0 Å². The molecule has 0 atom stereocenters. The average Bonchev–Trinajstić information content (AvgIpc) is 3.04. The van der Waals surface area contributed by atoms with Crippen molar-refractivity contribution in [1.82, 2.24) is 15.5 Å². The Bertz CT molecular complexity index is 579. The van der Waals surface area contributed by atoms with Gasteiger partial charge >= 0.3 is 0 Å². The Labute approximate surface area is 137 Å². The topological polar surface area (TPSA) is 57.8 Å². The van der Waals surface area contributed by atoms with Gasteiger partial charge in [0, 0.05) is 23.5 Å². The summed E-state index contributed by atoms with van der Waals surface area (Å²) in [6.07, 6.45) is 6.23. The number of H-pyrrole nitrogens is 1. The highest BCUT2D eigenvalue weighted by Gasteiger charge is 2.04. The molecular weight excluding hydrogens is 350 g/mol. The molecule has 2 aromatic rings. The molecule has 0 bridgehead atoms. The highest BCUT2D eigenvalue weighted by molar-refractivity contribution is 9.11. The number of rotatable bonds is 8. The summed E-state index contributed by atoms with van der Waals surface area (Å²) in [5.74, 6) is 0.148. The fourth-order valence-corrected chi connectivity index (χ4v) is 3.66. The molecule has 2 aromatic heterocycles. The minimum Gasteiger partial charge on any atom is -0.356 e. The van der Waals surface area contributed by atoms with Gasteiger partial charge in [-0.3, -0.25) is 9.89 Å². The largest absolute Gasteiger partial charge is 0.356 e. The Hall–Kier alpha value is -1.14. The van der Waals surface area contributed by atoms with Gasteiger partial charge < -0.3 is 5.32 Å². The minimum atomic E-state index is 0.148. The maximum Gasteiger partial charge on any atom is 0.220 e. The van der Waals surface area contributed by atoms with Crippen molar-refractivity contribution in [3.8, 4) is 0 Å². The van der Waals surface area contributed by atoms with E-state index in [9.17, 15) is 4.79 Å². The van der Waals surface area contributed by atoms with Crippen LogP contribution >= 0.6 is 27.3 Å². The summed E-state index contributed by atoms with van der Waals surface area (Å²) >= 11 is 5.19. The zero-order chi connectivity index (χ0) is 15.1. The third kappa shape index (κ3) is 5.63. The van der Waals surface area contributed by atoms with Gasteiger partial charge in [-0.2, -0.15) is 5.10 Å². The molecular formula is C15H20BrN3OS. The summed E-state index contributed by atoms with van der Waals surface area (Å²) in [7, 11) is 0. The predicted octanol–water partition coefficient (Wildman–Crippen LogP) is 3.61. The van der Waals surface area contributed by atoms with Crippen molar-refractivity contribution in [2.75, 3.05) is 6.54 Å². The monoisotopic (exact) mass is 369 g/mol. The van der Waals surface area contributed by atoms with E-state index in [0.29, 0.717) is 6.42 Å². The number of thiophene rings is 1. The van der Waals surface area contributed by atoms with Gasteiger partial charge in [-0.15, -0.1) is 11.3 Å². The number of carbonyl (C=O) groups is 1. The van der Waals surface area contributed by atoms with Crippen LogP contribution in [-0.4, -0.2) is 22.6 Å². The van der Waals surface area contributed by atoms with Crippen molar-refractivity contribution in [3.05, 3.63) is 38.3 Å². The number of hydrogen-bond donors (Lipinski definition) is 2. The van der Waals surface area contributed by atoms with Crippen LogP contribution in [0.25, 0.3) is 0 Å². The second-order valence-electron chi connectivity index (χ2n) is 5.03. The number of nitrogens with one attached hydrogen (secondary N) is 2. The Morgan fingerprint density at radius 2 is 2.24 bits per heavy atom. The van der Waals surface area contributed by atoms with E-state index in [1.807, 2.05) is 13.1 Å². The van der Waals surface area contributed by atoms with E-state index in [1.165, 1.54) is 10.4 Å². The molecule has 6 heteroatoms. The summed E-state index contributed by atoms with van der Waals surface area (Å²) in [5, 5.41) is 9.90. The lowest BCUT2D eigenvalue weighted by Crippen LogP contribution is -2.24. The SMILES string of the molecule is Cc1[nH]ncc1CCCNC(=O)CCCc1ccc(Br)s1. The van der Waals surface area contributed by atoms with E-state index in [-0.39, 0.29) is 5.91 Å². The quantitative estimate of drug-likeness (QED) is 0.698. The van der Waals surface area contributed by atoms with Gasteiger partial charge in [0.15, 0.2) is 0 Å². The van der Waals surface area contributed by atoms with Crippen molar-refractivity contribution >= 4 is 33.2 Å². The number of hydrogen-bond acceptors (Lipinski definition) is 3. The highest BCUT2D eigenvalue weighted by Crippen LogP contribution is 2.23. The fraction of sp³-hybridized carbons (Fsp3) is 0.467. The van der Waals surface area contributed by atoms with E-state index in [0.717, 1.165) is 41.7 Å². The first-order valence-corrected chi connectivity index (χ1v) is 8.76. The molecule has 4 nitrogen and oxygen atoms in total. The normalized spacial score (nSPS) is 10.8. The van der Waals surface area contributed by atoms with Crippen molar-refractivity contribution in [2.24, 2.45) is 0 Å². The lowest BCUT2D eigenvalue weighted by atomic mass is 10.1. The molecule has 0 aliphatic heterocycles. The van der Waals surface area contributed by atoms with Crippen LogP contribution in [0.3, 0.4) is 0 Å². The second kappa shape index (κ2) is 8.34. The molecule has 2 rings (SSSR count). The van der Waals surface area contributed by atoms with E-state index in [1.54, 1.807) is 11.3 Å². The number of carbonyl (C=O) groups excluding carboxylic acids is 1. The smallest absolute Gasteiger partial charge is 0.220 e. The first kappa shape index (κ1) is 16.2. The summed E-state index contributed by atoms with van der Waals surface area (Å²) in [6.45, 7) is 2.75. The van der Waals surface area contributed by atoms with Gasteiger partial charge in [-0.25, -0.2) is 0 Å². The molecule has 21 heavy (non-hydrogen) atoms. The number of nitrogens with zero attached hydrogens (tertiary/aromatic N) is 1. The molecule has 0 saturated carbocycles. The van der Waals surface area contributed by atoms with Crippen molar-refractivity contribution in [2.45, 2.75) is 39.0 Å². The van der Waals surface area contributed by atoms with Gasteiger partial charge in [0.1, 0.15) is 0 Å². The van der Waals surface area contributed by atoms with Crippen LogP contribution in [0.4, 0.5) is 0 Å². The maximum atomic E-state index is 11.7. The van der Waals surface area contributed by atoms with Crippen LogP contribution in [0.15, 0.2) is 22.1 Å². The summed E-state index contributed by atoms with van der Waals surface area (Å²) in [6, 6.07) is 4.16. The molecule has 0 fully saturated rings. The summed E-state index contributed by atoms with van der Waals surface area (Å²) < 4.78 is 1.15. The maximum absolute atomic E-state index is 11.7. The van der Waals surface area contributed by atoms with Gasteiger partial charge in [0.25, 0.3) is 0 Å². The lowest BCUT2D eigenvalue weighted by molar-refractivity contribution is -0.121. The first-order valence-electron chi connectivity index (χ1n) is 7.15.